The lowest BCUT2D eigenvalue weighted by molar-refractivity contribution is 0.258. The van der Waals surface area contributed by atoms with Crippen molar-refractivity contribution in [1.82, 2.24) is 4.90 Å². The van der Waals surface area contributed by atoms with Gasteiger partial charge in [0.05, 0.1) is 4.99 Å². The molecule has 0 spiro atoms. The van der Waals surface area contributed by atoms with E-state index in [1.165, 1.54) is 38.8 Å². The molecular weight excluding hydrogens is 192 g/mol. The summed E-state index contributed by atoms with van der Waals surface area (Å²) >= 11 is 4.88. The van der Waals surface area contributed by atoms with E-state index in [2.05, 4.69) is 11.8 Å². The van der Waals surface area contributed by atoms with Gasteiger partial charge in [0.25, 0.3) is 0 Å². The minimum absolute atomic E-state index is 0.663. The summed E-state index contributed by atoms with van der Waals surface area (Å²) in [4.78, 5) is 3.28. The van der Waals surface area contributed by atoms with Crippen LogP contribution in [0.1, 0.15) is 45.4 Å². The largest absolute Gasteiger partial charge is 0.393 e. The Bertz CT molecular complexity index is 178. The molecule has 1 fully saturated rings. The summed E-state index contributed by atoms with van der Waals surface area (Å²) in [5.41, 5.74) is 5.48. The lowest BCUT2D eigenvalue weighted by Gasteiger charge is -2.21. The van der Waals surface area contributed by atoms with Gasteiger partial charge in [-0.05, 0) is 45.2 Å². The highest BCUT2D eigenvalue weighted by atomic mass is 32.1. The number of unbranched alkanes of at least 4 members (excludes halogenated alkanes) is 1. The molecule has 1 aliphatic rings. The predicted octanol–water partition coefficient (Wildman–Crippen LogP) is 2.32. The predicted molar refractivity (Wildman–Crippen MR) is 65.5 cm³/mol. The molecule has 0 aromatic rings. The molecule has 1 saturated carbocycles. The van der Waals surface area contributed by atoms with Gasteiger partial charge in [0.1, 0.15) is 0 Å². The monoisotopic (exact) mass is 214 g/mol. The first-order chi connectivity index (χ1) is 6.74. The lowest BCUT2D eigenvalue weighted by Crippen LogP contribution is -2.29. The molecule has 0 radical (unpaired) electrons. The van der Waals surface area contributed by atoms with E-state index in [0.29, 0.717) is 4.99 Å². The molecule has 0 bridgehead atoms. The smallest absolute Gasteiger partial charge is 0.0727 e. The van der Waals surface area contributed by atoms with E-state index in [1.807, 2.05) is 0 Å². The summed E-state index contributed by atoms with van der Waals surface area (Å²) in [6.45, 7) is 4.70. The molecule has 0 unspecified atom stereocenters. The van der Waals surface area contributed by atoms with Crippen molar-refractivity contribution in [2.45, 2.75) is 51.5 Å². The summed E-state index contributed by atoms with van der Waals surface area (Å²) in [6, 6.07) is 0.882. The Kier molecular flexibility index (Phi) is 5.41. The molecule has 82 valence electrons. The molecule has 0 atom stereocenters. The van der Waals surface area contributed by atoms with Crippen molar-refractivity contribution in [3.8, 4) is 0 Å². The van der Waals surface area contributed by atoms with Crippen LogP contribution >= 0.6 is 12.2 Å². The van der Waals surface area contributed by atoms with E-state index in [0.717, 1.165) is 18.9 Å². The Labute approximate surface area is 92.8 Å². The standard InChI is InChI=1S/C11H22N2S/c1-2-3-8-13(10-6-7-10)9-4-5-11(12)14/h10H,2-9H2,1H3,(H2,12,14). The third-order valence-electron chi connectivity index (χ3n) is 2.73. The molecule has 0 aromatic heterocycles. The van der Waals surface area contributed by atoms with Crippen LogP contribution in [0.3, 0.4) is 0 Å². The Morgan fingerprint density at radius 1 is 1.36 bits per heavy atom. The quantitative estimate of drug-likeness (QED) is 0.629. The fourth-order valence-corrected chi connectivity index (χ4v) is 1.88. The Balaban J connectivity index is 2.11. The van der Waals surface area contributed by atoms with Crippen LogP contribution in [0, 0.1) is 0 Å². The fourth-order valence-electron chi connectivity index (χ4n) is 1.73. The molecule has 2 N–H and O–H groups in total. The molecule has 0 heterocycles. The van der Waals surface area contributed by atoms with Crippen molar-refractivity contribution in [2.24, 2.45) is 5.73 Å². The van der Waals surface area contributed by atoms with Crippen molar-refractivity contribution in [1.29, 1.82) is 0 Å². The molecule has 14 heavy (non-hydrogen) atoms. The van der Waals surface area contributed by atoms with Crippen LogP contribution in [0.15, 0.2) is 0 Å². The van der Waals surface area contributed by atoms with Crippen LogP contribution in [0.25, 0.3) is 0 Å². The van der Waals surface area contributed by atoms with Crippen molar-refractivity contribution in [2.75, 3.05) is 13.1 Å². The topological polar surface area (TPSA) is 29.3 Å². The van der Waals surface area contributed by atoms with E-state index in [1.54, 1.807) is 0 Å². The number of hydrogen-bond donors (Lipinski definition) is 1. The number of rotatable bonds is 8. The normalized spacial score (nSPS) is 16.1. The van der Waals surface area contributed by atoms with E-state index < -0.39 is 0 Å². The highest BCUT2D eigenvalue weighted by molar-refractivity contribution is 7.80. The van der Waals surface area contributed by atoms with Crippen LogP contribution in [-0.4, -0.2) is 29.0 Å². The second-order valence-corrected chi connectivity index (χ2v) is 4.71. The molecule has 0 saturated heterocycles. The maximum absolute atomic E-state index is 5.48. The SMILES string of the molecule is CCCCN(CCCC(N)=S)C1CC1. The van der Waals surface area contributed by atoms with Gasteiger partial charge < -0.3 is 10.6 Å². The van der Waals surface area contributed by atoms with Crippen LogP contribution in [0.5, 0.6) is 0 Å². The van der Waals surface area contributed by atoms with Gasteiger partial charge in [-0.3, -0.25) is 0 Å². The first kappa shape index (κ1) is 11.9. The van der Waals surface area contributed by atoms with Gasteiger partial charge >= 0.3 is 0 Å². The van der Waals surface area contributed by atoms with Gasteiger partial charge in [-0.1, -0.05) is 25.6 Å². The molecular formula is C11H22N2S. The zero-order valence-corrected chi connectivity index (χ0v) is 9.98. The first-order valence-electron chi connectivity index (χ1n) is 5.76. The Morgan fingerprint density at radius 3 is 2.50 bits per heavy atom. The fraction of sp³-hybridized carbons (Fsp3) is 0.909. The average Bonchev–Trinajstić information content (AvgIpc) is 2.93. The number of nitrogens with zero attached hydrogens (tertiary/aromatic N) is 1. The first-order valence-corrected chi connectivity index (χ1v) is 6.17. The molecule has 3 heteroatoms. The van der Waals surface area contributed by atoms with Gasteiger partial charge in [0, 0.05) is 6.04 Å². The van der Waals surface area contributed by atoms with Gasteiger partial charge in [0.2, 0.25) is 0 Å². The maximum Gasteiger partial charge on any atom is 0.0727 e. The van der Waals surface area contributed by atoms with Crippen LogP contribution in [0.4, 0.5) is 0 Å². The van der Waals surface area contributed by atoms with Crippen molar-refractivity contribution >= 4 is 17.2 Å². The van der Waals surface area contributed by atoms with Crippen molar-refractivity contribution in [3.05, 3.63) is 0 Å². The van der Waals surface area contributed by atoms with E-state index in [-0.39, 0.29) is 0 Å². The maximum atomic E-state index is 5.48. The minimum Gasteiger partial charge on any atom is -0.393 e. The summed E-state index contributed by atoms with van der Waals surface area (Å²) < 4.78 is 0. The van der Waals surface area contributed by atoms with E-state index in [9.17, 15) is 0 Å². The molecule has 0 amide bonds. The second kappa shape index (κ2) is 6.36. The molecule has 0 aliphatic heterocycles. The number of nitrogens with two attached hydrogens (primary N) is 1. The Morgan fingerprint density at radius 2 is 2.00 bits per heavy atom. The lowest BCUT2D eigenvalue weighted by atomic mass is 10.2. The number of thiocarbonyl (C=S) groups is 1. The van der Waals surface area contributed by atoms with Gasteiger partial charge in [-0.2, -0.15) is 0 Å². The summed E-state index contributed by atoms with van der Waals surface area (Å²) in [5, 5.41) is 0. The van der Waals surface area contributed by atoms with Gasteiger partial charge in [-0.15, -0.1) is 0 Å². The number of hydrogen-bond acceptors (Lipinski definition) is 2. The second-order valence-electron chi connectivity index (χ2n) is 4.19. The summed E-state index contributed by atoms with van der Waals surface area (Å²) in [5.74, 6) is 0. The molecule has 0 aromatic carbocycles. The van der Waals surface area contributed by atoms with Crippen molar-refractivity contribution in [3.63, 3.8) is 0 Å². The highest BCUT2D eigenvalue weighted by Gasteiger charge is 2.27. The summed E-state index contributed by atoms with van der Waals surface area (Å²) in [6.07, 6.45) is 7.45. The Hall–Kier alpha value is -0.150. The van der Waals surface area contributed by atoms with Crippen LogP contribution < -0.4 is 5.73 Å². The molecule has 1 rings (SSSR count). The zero-order valence-electron chi connectivity index (χ0n) is 9.17. The third kappa shape index (κ3) is 4.91. The molecule has 1 aliphatic carbocycles. The minimum atomic E-state index is 0.663. The highest BCUT2D eigenvalue weighted by Crippen LogP contribution is 2.27. The van der Waals surface area contributed by atoms with E-state index in [4.69, 9.17) is 18.0 Å². The van der Waals surface area contributed by atoms with Crippen molar-refractivity contribution < 1.29 is 0 Å². The van der Waals surface area contributed by atoms with Gasteiger partial charge in [-0.25, -0.2) is 0 Å². The molecule has 2 nitrogen and oxygen atoms in total. The van der Waals surface area contributed by atoms with E-state index >= 15 is 0 Å². The third-order valence-corrected chi connectivity index (χ3v) is 2.93. The van der Waals surface area contributed by atoms with Gasteiger partial charge in [0.15, 0.2) is 0 Å². The summed E-state index contributed by atoms with van der Waals surface area (Å²) in [7, 11) is 0. The van der Waals surface area contributed by atoms with Crippen LogP contribution in [-0.2, 0) is 0 Å². The van der Waals surface area contributed by atoms with Crippen LogP contribution in [0.2, 0.25) is 0 Å². The zero-order chi connectivity index (χ0) is 10.4. The average molecular weight is 214 g/mol.